The molecule has 0 aliphatic carbocycles. The van der Waals surface area contributed by atoms with Gasteiger partial charge >= 0.3 is 5.97 Å². The molecule has 0 N–H and O–H groups in total. The minimum absolute atomic E-state index is 0.0839. The molecule has 0 spiro atoms. The third kappa shape index (κ3) is 4.58. The number of carbonyl (C=O) groups is 1. The van der Waals surface area contributed by atoms with Gasteiger partial charge in [0.15, 0.2) is 0 Å². The number of ether oxygens (including phenoxy) is 2. The fourth-order valence-electron chi connectivity index (χ4n) is 1.95. The third-order valence-corrected chi connectivity index (χ3v) is 3.64. The number of nitriles is 1. The lowest BCUT2D eigenvalue weighted by Gasteiger charge is -2.11. The van der Waals surface area contributed by atoms with Gasteiger partial charge in [-0.25, -0.2) is 0 Å². The molecule has 2 aromatic rings. The summed E-state index contributed by atoms with van der Waals surface area (Å²) in [5.74, 6) is 0.276. The molecule has 118 valence electrons. The first kappa shape index (κ1) is 16.6. The molecule has 2 rings (SSSR count). The number of rotatable bonds is 6. The maximum atomic E-state index is 11.5. The van der Waals surface area contributed by atoms with E-state index in [1.165, 1.54) is 0 Å². The van der Waals surface area contributed by atoms with E-state index in [1.807, 2.05) is 50.2 Å². The van der Waals surface area contributed by atoms with Crippen LogP contribution in [0.2, 0.25) is 0 Å². The number of carbonyl (C=O) groups excluding carboxylic acids is 1. The Hall–Kier alpha value is -2.80. The van der Waals surface area contributed by atoms with Crippen LogP contribution in [-0.4, -0.2) is 12.8 Å². The highest BCUT2D eigenvalue weighted by Crippen LogP contribution is 2.22. The average Bonchev–Trinajstić information content (AvgIpc) is 2.61. The first-order valence-corrected chi connectivity index (χ1v) is 7.54. The number of hydrogen-bond donors (Lipinski definition) is 0. The molecule has 0 bridgehead atoms. The zero-order valence-electron chi connectivity index (χ0n) is 13.3. The molecule has 23 heavy (non-hydrogen) atoms. The van der Waals surface area contributed by atoms with Crippen molar-refractivity contribution in [1.29, 1.82) is 5.26 Å². The summed E-state index contributed by atoms with van der Waals surface area (Å²) < 4.78 is 10.5. The molecule has 0 radical (unpaired) electrons. The Morgan fingerprint density at radius 1 is 1.09 bits per heavy atom. The van der Waals surface area contributed by atoms with Crippen molar-refractivity contribution in [3.05, 3.63) is 54.1 Å². The van der Waals surface area contributed by atoms with Crippen molar-refractivity contribution in [1.82, 2.24) is 0 Å². The van der Waals surface area contributed by atoms with Crippen LogP contribution in [0.5, 0.6) is 5.75 Å². The molecule has 0 aliphatic rings. The zero-order chi connectivity index (χ0) is 16.7. The van der Waals surface area contributed by atoms with Crippen molar-refractivity contribution in [2.45, 2.75) is 20.3 Å². The molecular formula is C19H19NO3. The molecule has 0 aliphatic heterocycles. The summed E-state index contributed by atoms with van der Waals surface area (Å²) in [6.45, 7) is 3.68. The number of esters is 1. The van der Waals surface area contributed by atoms with Crippen LogP contribution in [0.3, 0.4) is 0 Å². The van der Waals surface area contributed by atoms with Crippen molar-refractivity contribution in [3.8, 4) is 22.9 Å². The normalized spacial score (nSPS) is 11.3. The van der Waals surface area contributed by atoms with Crippen molar-refractivity contribution in [2.75, 3.05) is 6.79 Å². The smallest absolute Gasteiger partial charge is 0.311 e. The lowest BCUT2D eigenvalue weighted by molar-refractivity contribution is -0.154. The molecule has 1 atom stereocenters. The Labute approximate surface area is 136 Å². The number of nitrogens with zero attached hydrogens (tertiary/aromatic N) is 1. The van der Waals surface area contributed by atoms with Crippen molar-refractivity contribution < 1.29 is 14.3 Å². The topological polar surface area (TPSA) is 59.3 Å². The van der Waals surface area contributed by atoms with Crippen LogP contribution in [-0.2, 0) is 9.53 Å². The van der Waals surface area contributed by atoms with Crippen molar-refractivity contribution >= 4 is 5.97 Å². The van der Waals surface area contributed by atoms with Crippen LogP contribution in [0.4, 0.5) is 0 Å². The van der Waals surface area contributed by atoms with Gasteiger partial charge in [-0.1, -0.05) is 38.1 Å². The molecule has 1 unspecified atom stereocenters. The van der Waals surface area contributed by atoms with Gasteiger partial charge < -0.3 is 9.47 Å². The molecule has 0 saturated heterocycles. The molecule has 0 heterocycles. The van der Waals surface area contributed by atoms with E-state index in [9.17, 15) is 4.79 Å². The molecule has 4 nitrogen and oxygen atoms in total. The van der Waals surface area contributed by atoms with E-state index < -0.39 is 0 Å². The molecule has 2 aromatic carbocycles. The summed E-state index contributed by atoms with van der Waals surface area (Å²) in [5, 5.41) is 8.80. The summed E-state index contributed by atoms with van der Waals surface area (Å²) >= 11 is 0. The Morgan fingerprint density at radius 3 is 2.17 bits per heavy atom. The SMILES string of the molecule is CCC(C)C(=O)OCOc1ccc(-c2ccc(C#N)cc2)cc1. The minimum Gasteiger partial charge on any atom is -0.457 e. The first-order chi connectivity index (χ1) is 11.1. The molecule has 0 amide bonds. The Kier molecular flexibility index (Phi) is 5.76. The summed E-state index contributed by atoms with van der Waals surface area (Å²) in [6.07, 6.45) is 0.748. The fourth-order valence-corrected chi connectivity index (χ4v) is 1.95. The van der Waals surface area contributed by atoms with E-state index in [1.54, 1.807) is 12.1 Å². The quantitative estimate of drug-likeness (QED) is 0.594. The highest BCUT2D eigenvalue weighted by Gasteiger charge is 2.11. The maximum absolute atomic E-state index is 11.5. The average molecular weight is 309 g/mol. The predicted molar refractivity (Wildman–Crippen MR) is 87.6 cm³/mol. The Morgan fingerprint density at radius 2 is 1.65 bits per heavy atom. The van der Waals surface area contributed by atoms with Gasteiger partial charge in [0.2, 0.25) is 6.79 Å². The Bertz CT molecular complexity index is 684. The fraction of sp³-hybridized carbons (Fsp3) is 0.263. The van der Waals surface area contributed by atoms with E-state index in [2.05, 4.69) is 6.07 Å². The minimum atomic E-state index is -0.248. The second kappa shape index (κ2) is 8.00. The van der Waals surface area contributed by atoms with E-state index in [0.717, 1.165) is 17.5 Å². The van der Waals surface area contributed by atoms with Crippen LogP contribution in [0.1, 0.15) is 25.8 Å². The summed E-state index contributed by atoms with van der Waals surface area (Å²) in [6, 6.07) is 17.0. The van der Waals surface area contributed by atoms with E-state index in [-0.39, 0.29) is 18.7 Å². The van der Waals surface area contributed by atoms with Gasteiger partial charge in [-0.15, -0.1) is 0 Å². The zero-order valence-corrected chi connectivity index (χ0v) is 13.3. The van der Waals surface area contributed by atoms with Crippen LogP contribution in [0.15, 0.2) is 48.5 Å². The largest absolute Gasteiger partial charge is 0.457 e. The monoisotopic (exact) mass is 309 g/mol. The Balaban J connectivity index is 1.91. The van der Waals surface area contributed by atoms with Gasteiger partial charge in [-0.2, -0.15) is 5.26 Å². The molecule has 0 fully saturated rings. The molecule has 4 heteroatoms. The van der Waals surface area contributed by atoms with E-state index in [0.29, 0.717) is 11.3 Å². The highest BCUT2D eigenvalue weighted by atomic mass is 16.7. The second-order valence-corrected chi connectivity index (χ2v) is 5.25. The third-order valence-electron chi connectivity index (χ3n) is 3.64. The molecule has 0 saturated carbocycles. The predicted octanol–water partition coefficient (Wildman–Crippen LogP) is 4.15. The van der Waals surface area contributed by atoms with Gasteiger partial charge in [-0.05, 0) is 41.8 Å². The number of benzene rings is 2. The lowest BCUT2D eigenvalue weighted by atomic mass is 10.0. The maximum Gasteiger partial charge on any atom is 0.311 e. The van der Waals surface area contributed by atoms with Gasteiger partial charge in [0.25, 0.3) is 0 Å². The lowest BCUT2D eigenvalue weighted by Crippen LogP contribution is -2.17. The van der Waals surface area contributed by atoms with Gasteiger partial charge in [-0.3, -0.25) is 4.79 Å². The van der Waals surface area contributed by atoms with Gasteiger partial charge in [0.1, 0.15) is 5.75 Å². The van der Waals surface area contributed by atoms with Crippen LogP contribution in [0, 0.1) is 17.2 Å². The standard InChI is InChI=1S/C19H19NO3/c1-3-14(2)19(21)23-13-22-18-10-8-17(9-11-18)16-6-4-15(12-20)5-7-16/h4-11,14H,3,13H2,1-2H3. The van der Waals surface area contributed by atoms with Gasteiger partial charge in [0, 0.05) is 0 Å². The molecular weight excluding hydrogens is 290 g/mol. The van der Waals surface area contributed by atoms with Crippen LogP contribution < -0.4 is 4.74 Å². The van der Waals surface area contributed by atoms with Crippen LogP contribution >= 0.6 is 0 Å². The summed E-state index contributed by atoms with van der Waals surface area (Å²) in [5.41, 5.74) is 2.69. The van der Waals surface area contributed by atoms with E-state index >= 15 is 0 Å². The number of hydrogen-bond acceptors (Lipinski definition) is 4. The summed E-state index contributed by atoms with van der Waals surface area (Å²) in [4.78, 5) is 11.5. The second-order valence-electron chi connectivity index (χ2n) is 5.25. The molecule has 0 aromatic heterocycles. The van der Waals surface area contributed by atoms with Crippen molar-refractivity contribution in [2.24, 2.45) is 5.92 Å². The highest BCUT2D eigenvalue weighted by molar-refractivity contribution is 5.71. The van der Waals surface area contributed by atoms with Gasteiger partial charge in [0.05, 0.1) is 17.6 Å². The summed E-state index contributed by atoms with van der Waals surface area (Å²) in [7, 11) is 0. The van der Waals surface area contributed by atoms with Crippen LogP contribution in [0.25, 0.3) is 11.1 Å². The van der Waals surface area contributed by atoms with Crippen molar-refractivity contribution in [3.63, 3.8) is 0 Å². The first-order valence-electron chi connectivity index (χ1n) is 7.54. The van der Waals surface area contributed by atoms with E-state index in [4.69, 9.17) is 14.7 Å².